The molecule has 32 heavy (non-hydrogen) atoms. The van der Waals surface area contributed by atoms with Crippen molar-refractivity contribution in [1.29, 1.82) is 0 Å². The van der Waals surface area contributed by atoms with Crippen molar-refractivity contribution in [2.45, 2.75) is 36.2 Å². The molecule has 1 aliphatic rings. The Balaban J connectivity index is 1.68. The zero-order valence-corrected chi connectivity index (χ0v) is 17.4. The molecule has 1 saturated heterocycles. The minimum atomic E-state index is -4.80. The number of nitrogens with zero attached hydrogens (tertiary/aromatic N) is 1. The summed E-state index contributed by atoms with van der Waals surface area (Å²) in [5, 5.41) is 10.1. The number of benzene rings is 2. The van der Waals surface area contributed by atoms with Gasteiger partial charge in [-0.1, -0.05) is 0 Å². The lowest BCUT2D eigenvalue weighted by molar-refractivity contribution is -0.274. The van der Waals surface area contributed by atoms with E-state index in [1.54, 1.807) is 0 Å². The first-order valence-electron chi connectivity index (χ1n) is 9.48. The molecule has 0 radical (unpaired) electrons. The van der Waals surface area contributed by atoms with Crippen molar-refractivity contribution in [3.63, 3.8) is 0 Å². The fourth-order valence-corrected chi connectivity index (χ4v) is 4.78. The van der Waals surface area contributed by atoms with Crippen LogP contribution in [-0.2, 0) is 19.4 Å². The summed E-state index contributed by atoms with van der Waals surface area (Å²) in [7, 11) is -3.88. The molecule has 0 saturated carbocycles. The molecule has 2 aromatic rings. The van der Waals surface area contributed by atoms with E-state index < -0.39 is 39.8 Å². The van der Waals surface area contributed by atoms with Crippen LogP contribution in [0.3, 0.4) is 0 Å². The van der Waals surface area contributed by atoms with Crippen LogP contribution >= 0.6 is 0 Å². The molecule has 2 atom stereocenters. The summed E-state index contributed by atoms with van der Waals surface area (Å²) in [6.45, 7) is 0.420. The lowest BCUT2D eigenvalue weighted by Crippen LogP contribution is -2.45. The number of hydrogen-bond acceptors (Lipinski definition) is 7. The number of rotatable bonds is 9. The van der Waals surface area contributed by atoms with E-state index in [2.05, 4.69) is 4.74 Å². The van der Waals surface area contributed by atoms with Gasteiger partial charge in [-0.2, -0.15) is 0 Å². The minimum Gasteiger partial charge on any atom is -0.457 e. The number of alkyl halides is 3. The average Bonchev–Trinajstić information content (AvgIpc) is 3.27. The Morgan fingerprint density at radius 2 is 1.66 bits per heavy atom. The third kappa shape index (κ3) is 6.34. The van der Waals surface area contributed by atoms with Crippen LogP contribution in [0.1, 0.15) is 12.8 Å². The summed E-state index contributed by atoms with van der Waals surface area (Å²) in [5.74, 6) is -0.468. The Morgan fingerprint density at radius 1 is 1.09 bits per heavy atom. The quantitative estimate of drug-likeness (QED) is 0.336. The van der Waals surface area contributed by atoms with Crippen LogP contribution in [0.4, 0.5) is 13.2 Å². The number of ether oxygens (including phenoxy) is 3. The number of hydrogen-bond donors (Lipinski definition) is 1. The van der Waals surface area contributed by atoms with Gasteiger partial charge in [-0.15, -0.1) is 13.2 Å². The molecule has 1 unspecified atom stereocenters. The highest BCUT2D eigenvalue weighted by molar-refractivity contribution is 7.91. The largest absolute Gasteiger partial charge is 0.573 e. The first-order valence-corrected chi connectivity index (χ1v) is 11.1. The Kier molecular flexibility index (Phi) is 7.26. The third-order valence-corrected chi connectivity index (χ3v) is 6.48. The van der Waals surface area contributed by atoms with E-state index in [1.165, 1.54) is 36.4 Å². The highest BCUT2D eigenvalue weighted by atomic mass is 32.2. The number of hydroxylamine groups is 2. The molecule has 2 aromatic carbocycles. The van der Waals surface area contributed by atoms with Crippen LogP contribution in [0, 0.1) is 0 Å². The van der Waals surface area contributed by atoms with Crippen molar-refractivity contribution in [1.82, 2.24) is 5.06 Å². The van der Waals surface area contributed by atoms with E-state index in [0.29, 0.717) is 24.5 Å². The van der Waals surface area contributed by atoms with Crippen molar-refractivity contribution in [2.24, 2.45) is 0 Å². The van der Waals surface area contributed by atoms with E-state index in [1.807, 2.05) is 0 Å². The predicted molar refractivity (Wildman–Crippen MR) is 104 cm³/mol. The topological polar surface area (TPSA) is 102 Å². The molecule has 8 nitrogen and oxygen atoms in total. The zero-order chi connectivity index (χ0) is 23.4. The van der Waals surface area contributed by atoms with Crippen molar-refractivity contribution in [3.05, 3.63) is 48.5 Å². The van der Waals surface area contributed by atoms with Crippen molar-refractivity contribution in [3.8, 4) is 17.2 Å². The molecular formula is C20H20F3NO7S. The molecule has 0 spiro atoms. The molecule has 0 aromatic heterocycles. The van der Waals surface area contributed by atoms with Gasteiger partial charge in [0.2, 0.25) is 6.41 Å². The van der Waals surface area contributed by atoms with Gasteiger partial charge in [0.1, 0.15) is 17.2 Å². The zero-order valence-electron chi connectivity index (χ0n) is 16.6. The number of carbonyl (C=O) groups excluding carboxylic acids is 1. The maximum Gasteiger partial charge on any atom is 0.573 e. The van der Waals surface area contributed by atoms with Crippen molar-refractivity contribution in [2.75, 3.05) is 12.4 Å². The number of carbonyl (C=O) groups is 1. The summed E-state index contributed by atoms with van der Waals surface area (Å²) >= 11 is 0. The first-order chi connectivity index (χ1) is 15.1. The van der Waals surface area contributed by atoms with Crippen molar-refractivity contribution >= 4 is 16.2 Å². The van der Waals surface area contributed by atoms with E-state index in [9.17, 15) is 31.6 Å². The lowest BCUT2D eigenvalue weighted by Gasteiger charge is -2.27. The van der Waals surface area contributed by atoms with Crippen LogP contribution in [0.25, 0.3) is 0 Å². The van der Waals surface area contributed by atoms with Gasteiger partial charge >= 0.3 is 6.36 Å². The van der Waals surface area contributed by atoms with Crippen LogP contribution in [0.5, 0.6) is 17.2 Å². The molecule has 1 N–H and O–H groups in total. The molecule has 174 valence electrons. The van der Waals surface area contributed by atoms with Gasteiger partial charge in [-0.3, -0.25) is 10.0 Å². The molecule has 1 aliphatic heterocycles. The van der Waals surface area contributed by atoms with Crippen LogP contribution in [0.15, 0.2) is 53.4 Å². The second-order valence-electron chi connectivity index (χ2n) is 6.98. The van der Waals surface area contributed by atoms with E-state index in [4.69, 9.17) is 9.47 Å². The summed E-state index contributed by atoms with van der Waals surface area (Å²) in [4.78, 5) is 10.9. The number of amides is 1. The molecule has 12 heteroatoms. The Morgan fingerprint density at radius 3 is 2.16 bits per heavy atom. The second-order valence-corrected chi connectivity index (χ2v) is 9.01. The Bertz CT molecular complexity index is 1000. The lowest BCUT2D eigenvalue weighted by atomic mass is 10.1. The smallest absolute Gasteiger partial charge is 0.457 e. The average molecular weight is 475 g/mol. The molecule has 0 bridgehead atoms. The van der Waals surface area contributed by atoms with E-state index in [0.717, 1.165) is 12.1 Å². The first kappa shape index (κ1) is 23.8. The molecule has 3 rings (SSSR count). The molecule has 1 fully saturated rings. The fourth-order valence-electron chi connectivity index (χ4n) is 3.22. The van der Waals surface area contributed by atoms with Gasteiger partial charge in [-0.05, 0) is 61.4 Å². The van der Waals surface area contributed by atoms with Gasteiger partial charge in [0.25, 0.3) is 0 Å². The summed E-state index contributed by atoms with van der Waals surface area (Å²) in [6.07, 6.45) is -4.03. The predicted octanol–water partition coefficient (Wildman–Crippen LogP) is 3.55. The Labute approximate surface area is 182 Å². The summed E-state index contributed by atoms with van der Waals surface area (Å²) < 4.78 is 76.9. The standard InChI is InChI=1S/C20H20F3NO7S/c21-20(22,23)31-16-5-3-14(4-6-16)30-15-7-9-17(10-8-15)32(27,28)12-18(24(26)13-25)19-2-1-11-29-19/h3-10,13,18-19,26H,1-2,11-12H2/t18-,19?/m1/s1. The van der Waals surface area contributed by atoms with Gasteiger partial charge < -0.3 is 14.2 Å². The SMILES string of the molecule is O=CN(O)[C@H](CS(=O)(=O)c1ccc(Oc2ccc(OC(F)(F)F)cc2)cc1)C1CCCO1. The maximum absolute atomic E-state index is 12.8. The van der Waals surface area contributed by atoms with Crippen LogP contribution in [-0.4, -0.2) is 56.0 Å². The molecule has 1 heterocycles. The number of halogens is 3. The van der Waals surface area contributed by atoms with Crippen LogP contribution in [0.2, 0.25) is 0 Å². The maximum atomic E-state index is 12.8. The Hall–Kier alpha value is -2.83. The van der Waals surface area contributed by atoms with Gasteiger partial charge in [-0.25, -0.2) is 13.5 Å². The van der Waals surface area contributed by atoms with Gasteiger partial charge in [0, 0.05) is 6.61 Å². The molecule has 0 aliphatic carbocycles. The minimum absolute atomic E-state index is 0.0546. The second kappa shape index (κ2) is 9.76. The van der Waals surface area contributed by atoms with Gasteiger partial charge in [0.15, 0.2) is 9.84 Å². The fraction of sp³-hybridized carbons (Fsp3) is 0.350. The van der Waals surface area contributed by atoms with E-state index in [-0.39, 0.29) is 22.8 Å². The third-order valence-electron chi connectivity index (χ3n) is 4.71. The summed E-state index contributed by atoms with van der Waals surface area (Å²) in [6, 6.07) is 9.01. The van der Waals surface area contributed by atoms with E-state index >= 15 is 0 Å². The molecular weight excluding hydrogens is 455 g/mol. The van der Waals surface area contributed by atoms with Crippen molar-refractivity contribution < 1.29 is 45.8 Å². The highest BCUT2D eigenvalue weighted by Crippen LogP contribution is 2.28. The normalized spacial score (nSPS) is 17.6. The number of sulfone groups is 1. The highest BCUT2D eigenvalue weighted by Gasteiger charge is 2.35. The van der Waals surface area contributed by atoms with Gasteiger partial charge in [0.05, 0.1) is 22.8 Å². The monoisotopic (exact) mass is 475 g/mol. The molecule has 1 amide bonds. The summed E-state index contributed by atoms with van der Waals surface area (Å²) in [5.41, 5.74) is 0. The van der Waals surface area contributed by atoms with Crippen LogP contribution < -0.4 is 9.47 Å².